The normalized spacial score (nSPS) is 10.9. The summed E-state index contributed by atoms with van der Waals surface area (Å²) in [5.41, 5.74) is 6.89. The zero-order valence-electron chi connectivity index (χ0n) is 17.0. The third-order valence-corrected chi connectivity index (χ3v) is 5.07. The molecular weight excluding hydrogens is 384 g/mol. The molecule has 0 saturated carbocycles. The maximum atomic E-state index is 4.60. The van der Waals surface area contributed by atoms with E-state index in [-0.39, 0.29) is 0 Å². The van der Waals surface area contributed by atoms with Crippen LogP contribution < -0.4 is 5.32 Å². The van der Waals surface area contributed by atoms with Crippen molar-refractivity contribution in [3.05, 3.63) is 96.8 Å². The minimum atomic E-state index is 0.622. The van der Waals surface area contributed by atoms with Crippen LogP contribution in [-0.2, 0) is 6.54 Å². The number of hydrogen-bond acceptors (Lipinski definition) is 6. The first kappa shape index (κ1) is 18.8. The average Bonchev–Trinajstić information content (AvgIpc) is 2.83. The first-order valence-electron chi connectivity index (χ1n) is 10.0. The molecule has 6 nitrogen and oxygen atoms in total. The van der Waals surface area contributed by atoms with Crippen molar-refractivity contribution in [2.24, 2.45) is 0 Å². The van der Waals surface area contributed by atoms with Crippen LogP contribution in [0.15, 0.2) is 85.6 Å². The van der Waals surface area contributed by atoms with Crippen molar-refractivity contribution in [3.63, 3.8) is 0 Å². The van der Waals surface area contributed by atoms with E-state index in [0.717, 1.165) is 50.5 Å². The second kappa shape index (κ2) is 8.28. The van der Waals surface area contributed by atoms with Crippen molar-refractivity contribution in [2.75, 3.05) is 5.32 Å². The molecule has 150 valence electrons. The molecule has 0 amide bonds. The fourth-order valence-electron chi connectivity index (χ4n) is 3.48. The molecule has 1 aromatic carbocycles. The number of pyridine rings is 3. The van der Waals surface area contributed by atoms with Gasteiger partial charge in [-0.05, 0) is 55.0 Å². The lowest BCUT2D eigenvalue weighted by molar-refractivity contribution is 1.08. The third-order valence-electron chi connectivity index (χ3n) is 5.07. The lowest BCUT2D eigenvalue weighted by Crippen LogP contribution is -2.03. The number of hydrogen-bond donors (Lipinski definition) is 1. The van der Waals surface area contributed by atoms with Gasteiger partial charge in [0.15, 0.2) is 0 Å². The summed E-state index contributed by atoms with van der Waals surface area (Å²) in [6.07, 6.45) is 7.07. The van der Waals surface area contributed by atoms with E-state index in [0.29, 0.717) is 6.54 Å². The summed E-state index contributed by atoms with van der Waals surface area (Å²) < 4.78 is 0. The largest absolute Gasteiger partial charge is 0.365 e. The summed E-state index contributed by atoms with van der Waals surface area (Å²) in [6.45, 7) is 2.60. The van der Waals surface area contributed by atoms with E-state index >= 15 is 0 Å². The summed E-state index contributed by atoms with van der Waals surface area (Å²) >= 11 is 0. The smallest absolute Gasteiger partial charge is 0.137 e. The summed E-state index contributed by atoms with van der Waals surface area (Å²) in [5.74, 6) is 0.798. The first-order valence-corrected chi connectivity index (χ1v) is 10.0. The zero-order valence-corrected chi connectivity index (χ0v) is 17.0. The van der Waals surface area contributed by atoms with Gasteiger partial charge in [0.05, 0.1) is 16.9 Å². The van der Waals surface area contributed by atoms with Crippen molar-refractivity contribution < 1.29 is 0 Å². The first-order chi connectivity index (χ1) is 15.3. The summed E-state index contributed by atoms with van der Waals surface area (Å²) in [7, 11) is 0. The molecule has 4 heterocycles. The summed E-state index contributed by atoms with van der Waals surface area (Å²) in [4.78, 5) is 22.1. The maximum absolute atomic E-state index is 4.60. The van der Waals surface area contributed by atoms with Crippen LogP contribution in [0.5, 0.6) is 0 Å². The van der Waals surface area contributed by atoms with Crippen LogP contribution in [0.4, 0.5) is 5.82 Å². The van der Waals surface area contributed by atoms with Gasteiger partial charge in [-0.25, -0.2) is 9.97 Å². The minimum absolute atomic E-state index is 0.622. The van der Waals surface area contributed by atoms with E-state index in [9.17, 15) is 0 Å². The van der Waals surface area contributed by atoms with E-state index in [2.05, 4.69) is 36.3 Å². The zero-order chi connectivity index (χ0) is 21.0. The molecule has 0 aliphatic heterocycles. The molecule has 0 radical (unpaired) electrons. The molecule has 0 unspecified atom stereocenters. The second-order valence-corrected chi connectivity index (χ2v) is 7.26. The van der Waals surface area contributed by atoms with Gasteiger partial charge in [-0.2, -0.15) is 0 Å². The van der Waals surface area contributed by atoms with Gasteiger partial charge in [0.1, 0.15) is 12.1 Å². The highest BCUT2D eigenvalue weighted by atomic mass is 15.0. The molecule has 0 aliphatic carbocycles. The van der Waals surface area contributed by atoms with Crippen molar-refractivity contribution >= 4 is 16.7 Å². The molecule has 5 aromatic rings. The van der Waals surface area contributed by atoms with Crippen LogP contribution >= 0.6 is 0 Å². The average molecular weight is 404 g/mol. The number of rotatable bonds is 5. The number of nitrogens with one attached hydrogen (secondary N) is 1. The van der Waals surface area contributed by atoms with Gasteiger partial charge in [-0.3, -0.25) is 15.0 Å². The van der Waals surface area contributed by atoms with E-state index in [4.69, 9.17) is 0 Å². The van der Waals surface area contributed by atoms with Gasteiger partial charge in [-0.15, -0.1) is 0 Å². The lowest BCUT2D eigenvalue weighted by Gasteiger charge is -2.10. The highest BCUT2D eigenvalue weighted by Gasteiger charge is 2.07. The highest BCUT2D eigenvalue weighted by molar-refractivity contribution is 5.91. The molecule has 0 spiro atoms. The van der Waals surface area contributed by atoms with Crippen molar-refractivity contribution in [1.29, 1.82) is 0 Å². The molecule has 5 rings (SSSR count). The van der Waals surface area contributed by atoms with Crippen LogP contribution in [0.3, 0.4) is 0 Å². The molecule has 31 heavy (non-hydrogen) atoms. The minimum Gasteiger partial charge on any atom is -0.365 e. The Morgan fingerprint density at radius 2 is 1.65 bits per heavy atom. The molecule has 0 fully saturated rings. The van der Waals surface area contributed by atoms with Crippen molar-refractivity contribution in [2.45, 2.75) is 13.5 Å². The molecule has 0 bridgehead atoms. The number of aryl methyl sites for hydroxylation is 1. The Labute approximate surface area is 180 Å². The van der Waals surface area contributed by atoms with E-state index in [1.54, 1.807) is 18.7 Å². The Morgan fingerprint density at radius 1 is 0.742 bits per heavy atom. The molecular formula is C25H20N6. The van der Waals surface area contributed by atoms with Gasteiger partial charge in [-0.1, -0.05) is 18.2 Å². The van der Waals surface area contributed by atoms with Crippen LogP contribution in [0.25, 0.3) is 33.4 Å². The summed E-state index contributed by atoms with van der Waals surface area (Å²) in [6, 6.07) is 20.1. The van der Waals surface area contributed by atoms with Crippen molar-refractivity contribution in [3.8, 4) is 22.5 Å². The fraction of sp³-hybridized carbons (Fsp3) is 0.0800. The Balaban J connectivity index is 1.35. The Bertz CT molecular complexity index is 1330. The van der Waals surface area contributed by atoms with Crippen LogP contribution in [-0.4, -0.2) is 24.9 Å². The second-order valence-electron chi connectivity index (χ2n) is 7.26. The molecule has 0 saturated heterocycles. The van der Waals surface area contributed by atoms with Gasteiger partial charge < -0.3 is 5.32 Å². The highest BCUT2D eigenvalue weighted by Crippen LogP contribution is 2.25. The quantitative estimate of drug-likeness (QED) is 0.441. The molecule has 6 heteroatoms. The number of anilines is 1. The van der Waals surface area contributed by atoms with Gasteiger partial charge in [0.2, 0.25) is 0 Å². The molecule has 1 N–H and O–H groups in total. The van der Waals surface area contributed by atoms with Crippen LogP contribution in [0.2, 0.25) is 0 Å². The molecule has 0 aliphatic rings. The SMILES string of the molecule is Cc1cc(-c2ccc(CNc3ncnc4cc(-c5ccccn5)ccc34)cn2)ccn1. The van der Waals surface area contributed by atoms with Crippen molar-refractivity contribution in [1.82, 2.24) is 24.9 Å². The third kappa shape index (κ3) is 4.09. The Hall–Kier alpha value is -4.19. The van der Waals surface area contributed by atoms with E-state index in [1.165, 1.54) is 0 Å². The predicted molar refractivity (Wildman–Crippen MR) is 122 cm³/mol. The van der Waals surface area contributed by atoms with Gasteiger partial charge in [0.25, 0.3) is 0 Å². The van der Waals surface area contributed by atoms with E-state index in [1.807, 2.05) is 67.7 Å². The topological polar surface area (TPSA) is 76.5 Å². The lowest BCUT2D eigenvalue weighted by atomic mass is 10.1. The monoisotopic (exact) mass is 404 g/mol. The van der Waals surface area contributed by atoms with Crippen LogP contribution in [0.1, 0.15) is 11.3 Å². The Kier molecular flexibility index (Phi) is 5.02. The fourth-order valence-corrected chi connectivity index (χ4v) is 3.48. The number of benzene rings is 1. The number of nitrogens with zero attached hydrogens (tertiary/aromatic N) is 5. The Morgan fingerprint density at radius 3 is 2.45 bits per heavy atom. The molecule has 4 aromatic heterocycles. The predicted octanol–water partition coefficient (Wildman–Crippen LogP) is 5.07. The van der Waals surface area contributed by atoms with Gasteiger partial charge >= 0.3 is 0 Å². The maximum Gasteiger partial charge on any atom is 0.137 e. The van der Waals surface area contributed by atoms with Crippen LogP contribution in [0, 0.1) is 6.92 Å². The van der Waals surface area contributed by atoms with E-state index < -0.39 is 0 Å². The summed E-state index contributed by atoms with van der Waals surface area (Å²) in [5, 5.41) is 4.39. The number of aromatic nitrogens is 5. The number of fused-ring (bicyclic) bond motifs is 1. The standard InChI is InChI=1S/C25H20N6/c1-17-12-20(9-11-26-17)23-8-5-18(14-28-23)15-29-25-21-7-6-19(13-24(21)30-16-31-25)22-4-2-3-10-27-22/h2-14,16H,15H2,1H3,(H,29,30,31). The van der Waals surface area contributed by atoms with Gasteiger partial charge in [0, 0.05) is 47.3 Å². The molecule has 0 atom stereocenters.